The highest BCUT2D eigenvalue weighted by Gasteiger charge is 2.38. The zero-order valence-electron chi connectivity index (χ0n) is 21.7. The molecule has 1 fully saturated rings. The fourth-order valence-electron chi connectivity index (χ4n) is 5.08. The minimum Gasteiger partial charge on any atom is -0.444 e. The minimum absolute atomic E-state index is 0.0579. The van der Waals surface area contributed by atoms with Crippen LogP contribution in [0.1, 0.15) is 53.1 Å². The van der Waals surface area contributed by atoms with Crippen molar-refractivity contribution in [3.63, 3.8) is 0 Å². The van der Waals surface area contributed by atoms with E-state index in [0.717, 1.165) is 35.7 Å². The van der Waals surface area contributed by atoms with Crippen molar-refractivity contribution in [2.75, 3.05) is 41.3 Å². The summed E-state index contributed by atoms with van der Waals surface area (Å²) in [6.07, 6.45) is -0.255. The van der Waals surface area contributed by atoms with Crippen LogP contribution in [0, 0.1) is 5.92 Å². The van der Waals surface area contributed by atoms with Gasteiger partial charge in [-0.3, -0.25) is 4.79 Å². The molecule has 7 nitrogen and oxygen atoms in total. The Balaban J connectivity index is 1.59. The van der Waals surface area contributed by atoms with E-state index in [1.54, 1.807) is 11.8 Å². The summed E-state index contributed by atoms with van der Waals surface area (Å²) in [5.41, 5.74) is 3.77. The molecular weight excluding hydrogens is 440 g/mol. The van der Waals surface area contributed by atoms with Gasteiger partial charge in [-0.15, -0.1) is 0 Å². The maximum atomic E-state index is 12.6. The Morgan fingerprint density at radius 1 is 0.971 bits per heavy atom. The summed E-state index contributed by atoms with van der Waals surface area (Å²) >= 11 is 0. The summed E-state index contributed by atoms with van der Waals surface area (Å²) in [4.78, 5) is 31.1. The number of carbonyl (C=O) groups is 2. The number of hydrogen-bond acceptors (Lipinski definition) is 5. The molecule has 2 aliphatic heterocycles. The molecule has 0 aromatic heterocycles. The monoisotopic (exact) mass is 478 g/mol. The van der Waals surface area contributed by atoms with Crippen molar-refractivity contribution in [1.82, 2.24) is 4.90 Å². The molecule has 0 spiro atoms. The quantitative estimate of drug-likeness (QED) is 0.650. The molecule has 2 aliphatic rings. The second kappa shape index (κ2) is 9.80. The average Bonchev–Trinajstić information content (AvgIpc) is 2.81. The summed E-state index contributed by atoms with van der Waals surface area (Å²) < 4.78 is 5.54. The Kier molecular flexibility index (Phi) is 6.97. The van der Waals surface area contributed by atoms with Crippen LogP contribution >= 0.6 is 0 Å². The Morgan fingerprint density at radius 3 is 2.23 bits per heavy atom. The predicted octanol–water partition coefficient (Wildman–Crippen LogP) is 5.29. The number of ether oxygens (including phenoxy) is 1. The lowest BCUT2D eigenvalue weighted by molar-refractivity contribution is -0.117. The van der Waals surface area contributed by atoms with Crippen LogP contribution < -0.4 is 15.1 Å². The van der Waals surface area contributed by atoms with Crippen LogP contribution in [0.5, 0.6) is 0 Å². The third kappa shape index (κ3) is 5.39. The van der Waals surface area contributed by atoms with E-state index in [9.17, 15) is 9.59 Å². The highest BCUT2D eigenvalue weighted by atomic mass is 16.6. The standard InChI is InChI=1S/C28H38N4O3/c1-19-20(2)32(21(3)33)25-13-12-23(18-24(25)26(19)29-22-10-8-7-9-11-22)30-14-16-31(17-15-30)27(34)35-28(4,5)6/h7-13,18-20,26,29H,14-17H2,1-6H3/t19-,20-,26?/m0/s1. The van der Waals surface area contributed by atoms with Crippen molar-refractivity contribution in [3.05, 3.63) is 54.1 Å². The van der Waals surface area contributed by atoms with Gasteiger partial charge in [-0.1, -0.05) is 25.1 Å². The average molecular weight is 479 g/mol. The molecule has 7 heteroatoms. The van der Waals surface area contributed by atoms with Crippen LogP contribution in [0.4, 0.5) is 21.9 Å². The van der Waals surface area contributed by atoms with Crippen molar-refractivity contribution in [2.45, 2.75) is 59.2 Å². The van der Waals surface area contributed by atoms with Gasteiger partial charge in [0.05, 0.1) is 6.04 Å². The number of piperazine rings is 1. The summed E-state index contributed by atoms with van der Waals surface area (Å²) in [5, 5.41) is 3.72. The summed E-state index contributed by atoms with van der Waals surface area (Å²) in [6, 6.07) is 16.8. The van der Waals surface area contributed by atoms with Crippen molar-refractivity contribution in [1.29, 1.82) is 0 Å². The highest BCUT2D eigenvalue weighted by molar-refractivity contribution is 5.94. The molecule has 35 heavy (non-hydrogen) atoms. The normalized spacial score (nSPS) is 22.5. The number of carbonyl (C=O) groups excluding carboxylic acids is 2. The zero-order chi connectivity index (χ0) is 25.3. The summed E-state index contributed by atoms with van der Waals surface area (Å²) in [5.74, 6) is 0.272. The third-order valence-corrected chi connectivity index (χ3v) is 7.03. The molecule has 0 aliphatic carbocycles. The number of fused-ring (bicyclic) bond motifs is 1. The van der Waals surface area contributed by atoms with Gasteiger partial charge >= 0.3 is 6.09 Å². The second-order valence-corrected chi connectivity index (χ2v) is 10.7. The Morgan fingerprint density at radius 2 is 1.63 bits per heavy atom. The van der Waals surface area contributed by atoms with Gasteiger partial charge in [0.25, 0.3) is 0 Å². The third-order valence-electron chi connectivity index (χ3n) is 7.03. The maximum absolute atomic E-state index is 12.6. The molecule has 1 unspecified atom stereocenters. The number of rotatable bonds is 3. The maximum Gasteiger partial charge on any atom is 0.410 e. The van der Waals surface area contributed by atoms with Crippen LogP contribution in [0.3, 0.4) is 0 Å². The molecular formula is C28H38N4O3. The van der Waals surface area contributed by atoms with Crippen LogP contribution in [0.15, 0.2) is 48.5 Å². The van der Waals surface area contributed by atoms with E-state index in [1.807, 2.05) is 43.9 Å². The fourth-order valence-corrected chi connectivity index (χ4v) is 5.08. The SMILES string of the molecule is CC(=O)N1c2ccc(N3CCN(C(=O)OC(C)(C)C)CC3)cc2C(Nc2ccccc2)[C@@H](C)[C@@H]1C. The number of benzene rings is 2. The van der Waals surface area contributed by atoms with E-state index in [1.165, 1.54) is 0 Å². The molecule has 0 bridgehead atoms. The largest absolute Gasteiger partial charge is 0.444 e. The molecule has 2 heterocycles. The number of nitrogens with zero attached hydrogens (tertiary/aromatic N) is 3. The summed E-state index contributed by atoms with van der Waals surface area (Å²) in [7, 11) is 0. The van der Waals surface area contributed by atoms with E-state index in [0.29, 0.717) is 13.1 Å². The molecule has 2 amide bonds. The Bertz CT molecular complexity index is 1060. The van der Waals surface area contributed by atoms with Gasteiger partial charge in [-0.05, 0) is 58.0 Å². The lowest BCUT2D eigenvalue weighted by atomic mass is 9.82. The lowest BCUT2D eigenvalue weighted by Crippen LogP contribution is -2.50. The number of anilines is 3. The van der Waals surface area contributed by atoms with E-state index < -0.39 is 5.60 Å². The van der Waals surface area contributed by atoms with Gasteiger partial charge in [0.2, 0.25) is 5.91 Å². The van der Waals surface area contributed by atoms with E-state index in [4.69, 9.17) is 4.74 Å². The number of para-hydroxylation sites is 1. The molecule has 0 radical (unpaired) electrons. The number of nitrogens with one attached hydrogen (secondary N) is 1. The first kappa shape index (κ1) is 24.9. The van der Waals surface area contributed by atoms with E-state index >= 15 is 0 Å². The molecule has 1 saturated heterocycles. The van der Waals surface area contributed by atoms with Gasteiger partial charge < -0.3 is 24.8 Å². The first-order chi connectivity index (χ1) is 16.5. The van der Waals surface area contributed by atoms with Gasteiger partial charge in [-0.2, -0.15) is 0 Å². The van der Waals surface area contributed by atoms with Crippen molar-refractivity contribution in [2.24, 2.45) is 5.92 Å². The highest BCUT2D eigenvalue weighted by Crippen LogP contribution is 2.44. The van der Waals surface area contributed by atoms with Crippen molar-refractivity contribution < 1.29 is 14.3 Å². The van der Waals surface area contributed by atoms with Crippen LogP contribution in [-0.4, -0.2) is 54.7 Å². The van der Waals surface area contributed by atoms with Gasteiger partial charge in [0, 0.05) is 67.7 Å². The summed E-state index contributed by atoms with van der Waals surface area (Å²) in [6.45, 7) is 14.3. The van der Waals surface area contributed by atoms with Gasteiger partial charge in [0.1, 0.15) is 5.60 Å². The van der Waals surface area contributed by atoms with Crippen LogP contribution in [0.25, 0.3) is 0 Å². The first-order valence-corrected chi connectivity index (χ1v) is 12.5. The minimum atomic E-state index is -0.496. The van der Waals surface area contributed by atoms with Crippen LogP contribution in [0.2, 0.25) is 0 Å². The number of hydrogen-bond donors (Lipinski definition) is 1. The molecule has 1 N–H and O–H groups in total. The molecule has 2 aromatic carbocycles. The molecule has 2 aromatic rings. The Labute approximate surface area is 209 Å². The molecule has 0 saturated carbocycles. The fraction of sp³-hybridized carbons (Fsp3) is 0.500. The van der Waals surface area contributed by atoms with Crippen LogP contribution in [-0.2, 0) is 9.53 Å². The van der Waals surface area contributed by atoms with Crippen molar-refractivity contribution in [3.8, 4) is 0 Å². The predicted molar refractivity (Wildman–Crippen MR) is 141 cm³/mol. The zero-order valence-corrected chi connectivity index (χ0v) is 21.7. The second-order valence-electron chi connectivity index (χ2n) is 10.7. The van der Waals surface area contributed by atoms with Gasteiger partial charge in [-0.25, -0.2) is 4.79 Å². The number of amides is 2. The topological polar surface area (TPSA) is 65.1 Å². The lowest BCUT2D eigenvalue weighted by Gasteiger charge is -2.45. The van der Waals surface area contributed by atoms with Crippen molar-refractivity contribution >= 4 is 29.1 Å². The smallest absolute Gasteiger partial charge is 0.410 e. The molecule has 4 rings (SSSR count). The van der Waals surface area contributed by atoms with E-state index in [-0.39, 0.29) is 30.0 Å². The van der Waals surface area contributed by atoms with Gasteiger partial charge in [0.15, 0.2) is 0 Å². The Hall–Kier alpha value is -3.22. The molecule has 3 atom stereocenters. The molecule has 188 valence electrons. The first-order valence-electron chi connectivity index (χ1n) is 12.5. The van der Waals surface area contributed by atoms with E-state index in [2.05, 4.69) is 54.4 Å².